The summed E-state index contributed by atoms with van der Waals surface area (Å²) in [5.74, 6) is -0.573. The summed E-state index contributed by atoms with van der Waals surface area (Å²) in [5, 5.41) is 0. The third-order valence-electron chi connectivity index (χ3n) is 3.34. The summed E-state index contributed by atoms with van der Waals surface area (Å²) < 4.78 is 11.5. The molecule has 3 rings (SSSR count). The minimum absolute atomic E-state index is 0.149. The number of hydrogen-bond donors (Lipinski definition) is 0. The summed E-state index contributed by atoms with van der Waals surface area (Å²) in [4.78, 5) is 24.6. The first-order chi connectivity index (χ1) is 12.1. The van der Waals surface area contributed by atoms with Gasteiger partial charge in [-0.1, -0.05) is 46.3 Å². The van der Waals surface area contributed by atoms with Gasteiger partial charge >= 0.3 is 11.9 Å². The van der Waals surface area contributed by atoms with Crippen molar-refractivity contribution in [3.63, 3.8) is 0 Å². The first kappa shape index (κ1) is 16.9. The van der Waals surface area contributed by atoms with Crippen molar-refractivity contribution in [2.45, 2.75) is 0 Å². The van der Waals surface area contributed by atoms with Gasteiger partial charge in [0.25, 0.3) is 0 Å². The molecule has 0 aliphatic heterocycles. The van der Waals surface area contributed by atoms with E-state index in [9.17, 15) is 9.59 Å². The van der Waals surface area contributed by atoms with E-state index >= 15 is 0 Å². The Morgan fingerprint density at radius 3 is 2.04 bits per heavy atom. The highest BCUT2D eigenvalue weighted by atomic mass is 79.9. The van der Waals surface area contributed by atoms with Crippen molar-refractivity contribution < 1.29 is 19.1 Å². The molecule has 0 heterocycles. The van der Waals surface area contributed by atoms with Crippen LogP contribution in [0.3, 0.4) is 0 Å². The molecule has 0 aliphatic carbocycles. The van der Waals surface area contributed by atoms with Gasteiger partial charge in [-0.25, -0.2) is 9.59 Å². The standard InChI is InChI=1S/C20H13BrO4/c21-15-12-10-14(11-13-15)19(22)25-18-9-5-4-8-17(18)20(23)24-16-6-2-1-3-7-16/h1-13H. The molecule has 0 fully saturated rings. The van der Waals surface area contributed by atoms with Crippen molar-refractivity contribution in [2.75, 3.05) is 0 Å². The van der Waals surface area contributed by atoms with Crippen molar-refractivity contribution in [1.82, 2.24) is 0 Å². The average molecular weight is 397 g/mol. The van der Waals surface area contributed by atoms with Crippen LogP contribution in [-0.4, -0.2) is 11.9 Å². The molecule has 0 bridgehead atoms. The highest BCUT2D eigenvalue weighted by molar-refractivity contribution is 9.10. The number of rotatable bonds is 4. The van der Waals surface area contributed by atoms with Crippen LogP contribution >= 0.6 is 15.9 Å². The Hall–Kier alpha value is -2.92. The number of para-hydroxylation sites is 2. The predicted molar refractivity (Wildman–Crippen MR) is 96.9 cm³/mol. The van der Waals surface area contributed by atoms with E-state index < -0.39 is 11.9 Å². The molecule has 0 radical (unpaired) electrons. The fourth-order valence-electron chi connectivity index (χ4n) is 2.12. The molecule has 3 aromatic carbocycles. The molecule has 0 N–H and O–H groups in total. The molecule has 25 heavy (non-hydrogen) atoms. The molecule has 0 aliphatic rings. The molecule has 124 valence electrons. The second kappa shape index (κ2) is 7.77. The second-order valence-electron chi connectivity index (χ2n) is 5.10. The molecule has 0 atom stereocenters. The summed E-state index contributed by atoms with van der Waals surface area (Å²) in [6.45, 7) is 0. The van der Waals surface area contributed by atoms with Crippen molar-refractivity contribution in [1.29, 1.82) is 0 Å². The Labute approximate surface area is 153 Å². The van der Waals surface area contributed by atoms with Gasteiger partial charge in [-0.3, -0.25) is 0 Å². The minimum atomic E-state index is -0.592. The molecule has 0 saturated carbocycles. The van der Waals surface area contributed by atoms with E-state index in [0.29, 0.717) is 11.3 Å². The highest BCUT2D eigenvalue weighted by Crippen LogP contribution is 2.22. The normalized spacial score (nSPS) is 10.1. The summed E-state index contributed by atoms with van der Waals surface area (Å²) in [6.07, 6.45) is 0. The number of carbonyl (C=O) groups is 2. The Bertz CT molecular complexity index is 889. The van der Waals surface area contributed by atoms with Gasteiger partial charge < -0.3 is 9.47 Å². The van der Waals surface area contributed by atoms with Crippen molar-refractivity contribution in [3.8, 4) is 11.5 Å². The van der Waals surface area contributed by atoms with E-state index in [1.807, 2.05) is 6.07 Å². The topological polar surface area (TPSA) is 52.6 Å². The fraction of sp³-hybridized carbons (Fsp3) is 0. The molecule has 4 nitrogen and oxygen atoms in total. The molecule has 0 spiro atoms. The van der Waals surface area contributed by atoms with Crippen molar-refractivity contribution in [3.05, 3.63) is 94.5 Å². The second-order valence-corrected chi connectivity index (χ2v) is 6.01. The predicted octanol–water partition coefficient (Wildman–Crippen LogP) is 4.89. The van der Waals surface area contributed by atoms with E-state index in [2.05, 4.69) is 15.9 Å². The summed E-state index contributed by atoms with van der Waals surface area (Å²) >= 11 is 3.31. The van der Waals surface area contributed by atoms with Crippen LogP contribution < -0.4 is 9.47 Å². The third-order valence-corrected chi connectivity index (χ3v) is 3.87. The quantitative estimate of drug-likeness (QED) is 0.465. The first-order valence-corrected chi connectivity index (χ1v) is 8.27. The van der Waals surface area contributed by atoms with Crippen LogP contribution in [0, 0.1) is 0 Å². The zero-order valence-corrected chi connectivity index (χ0v) is 14.6. The van der Waals surface area contributed by atoms with Crippen LogP contribution in [0.1, 0.15) is 20.7 Å². The molecule has 0 saturated heterocycles. The van der Waals surface area contributed by atoms with Gasteiger partial charge in [0.15, 0.2) is 0 Å². The van der Waals surface area contributed by atoms with Gasteiger partial charge in [0.2, 0.25) is 0 Å². The SMILES string of the molecule is O=C(Oc1ccccc1C(=O)Oc1ccccc1)c1ccc(Br)cc1. The van der Waals surface area contributed by atoms with E-state index in [1.165, 1.54) is 0 Å². The Balaban J connectivity index is 1.79. The lowest BCUT2D eigenvalue weighted by atomic mass is 10.2. The van der Waals surface area contributed by atoms with Crippen LogP contribution in [0.5, 0.6) is 11.5 Å². The Kier molecular flexibility index (Phi) is 5.26. The number of carbonyl (C=O) groups excluding carboxylic acids is 2. The Morgan fingerprint density at radius 2 is 1.32 bits per heavy atom. The van der Waals surface area contributed by atoms with Gasteiger partial charge in [-0.15, -0.1) is 0 Å². The monoisotopic (exact) mass is 396 g/mol. The summed E-state index contributed by atoms with van der Waals surface area (Å²) in [6, 6.07) is 21.9. The van der Waals surface area contributed by atoms with Crippen LogP contribution in [0.15, 0.2) is 83.3 Å². The summed E-state index contributed by atoms with van der Waals surface area (Å²) in [5.41, 5.74) is 0.561. The number of halogens is 1. The van der Waals surface area contributed by atoms with E-state index in [4.69, 9.17) is 9.47 Å². The fourth-order valence-corrected chi connectivity index (χ4v) is 2.38. The molecule has 5 heteroatoms. The molecular weight excluding hydrogens is 384 g/mol. The van der Waals surface area contributed by atoms with E-state index in [0.717, 1.165) is 4.47 Å². The van der Waals surface area contributed by atoms with Gasteiger partial charge in [-0.2, -0.15) is 0 Å². The number of ether oxygens (including phenoxy) is 2. The molecule has 3 aromatic rings. The highest BCUT2D eigenvalue weighted by Gasteiger charge is 2.17. The average Bonchev–Trinajstić information content (AvgIpc) is 2.63. The molecular formula is C20H13BrO4. The first-order valence-electron chi connectivity index (χ1n) is 7.47. The van der Waals surface area contributed by atoms with Gasteiger partial charge in [0, 0.05) is 4.47 Å². The lowest BCUT2D eigenvalue weighted by Crippen LogP contribution is -2.14. The van der Waals surface area contributed by atoms with Gasteiger partial charge in [0.1, 0.15) is 17.1 Å². The minimum Gasteiger partial charge on any atom is -0.423 e. The number of esters is 2. The number of hydrogen-bond acceptors (Lipinski definition) is 4. The summed E-state index contributed by atoms with van der Waals surface area (Å²) in [7, 11) is 0. The lowest BCUT2D eigenvalue weighted by molar-refractivity contribution is 0.0707. The third kappa shape index (κ3) is 4.33. The maximum Gasteiger partial charge on any atom is 0.347 e. The van der Waals surface area contributed by atoms with Crippen molar-refractivity contribution in [2.24, 2.45) is 0 Å². The van der Waals surface area contributed by atoms with Gasteiger partial charge in [-0.05, 0) is 48.5 Å². The van der Waals surface area contributed by atoms with Crippen LogP contribution in [0.25, 0.3) is 0 Å². The smallest absolute Gasteiger partial charge is 0.347 e. The van der Waals surface area contributed by atoms with Crippen LogP contribution in [0.2, 0.25) is 0 Å². The molecule has 0 amide bonds. The van der Waals surface area contributed by atoms with E-state index in [-0.39, 0.29) is 11.3 Å². The zero-order chi connectivity index (χ0) is 17.6. The molecule has 0 unspecified atom stereocenters. The maximum absolute atomic E-state index is 12.4. The number of benzene rings is 3. The zero-order valence-electron chi connectivity index (χ0n) is 13.0. The molecule has 0 aromatic heterocycles. The maximum atomic E-state index is 12.4. The van der Waals surface area contributed by atoms with E-state index in [1.54, 1.807) is 72.8 Å². The van der Waals surface area contributed by atoms with Crippen LogP contribution in [0.4, 0.5) is 0 Å². The largest absolute Gasteiger partial charge is 0.423 e. The Morgan fingerprint density at radius 1 is 0.680 bits per heavy atom. The van der Waals surface area contributed by atoms with Gasteiger partial charge in [0.05, 0.1) is 5.56 Å². The lowest BCUT2D eigenvalue weighted by Gasteiger charge is -2.10. The van der Waals surface area contributed by atoms with Crippen molar-refractivity contribution >= 4 is 27.9 Å². The van der Waals surface area contributed by atoms with Crippen LogP contribution in [-0.2, 0) is 0 Å².